The summed E-state index contributed by atoms with van der Waals surface area (Å²) in [4.78, 5) is 11.2. The van der Waals surface area contributed by atoms with Crippen LogP contribution in [-0.2, 0) is 6.18 Å². The Morgan fingerprint density at radius 1 is 1.28 bits per heavy atom. The zero-order chi connectivity index (χ0) is 13.3. The van der Waals surface area contributed by atoms with Crippen molar-refractivity contribution >= 4 is 0 Å². The summed E-state index contributed by atoms with van der Waals surface area (Å²) in [5, 5.41) is 11.6. The molecule has 0 saturated heterocycles. The molecule has 0 radical (unpaired) electrons. The lowest BCUT2D eigenvalue weighted by atomic mass is 10.2. The quantitative estimate of drug-likeness (QED) is 0.777. The normalized spacial score (nSPS) is 11.2. The zero-order valence-corrected chi connectivity index (χ0v) is 8.60. The van der Waals surface area contributed by atoms with Gasteiger partial charge in [0, 0.05) is 0 Å². The molecule has 92 valence electrons. The van der Waals surface area contributed by atoms with Gasteiger partial charge in [-0.05, 0) is 24.3 Å². The third-order valence-corrected chi connectivity index (χ3v) is 2.03. The molecule has 0 aliphatic carbocycles. The van der Waals surface area contributed by atoms with Gasteiger partial charge in [0.1, 0.15) is 0 Å². The molecule has 1 aromatic heterocycles. The molecule has 0 aliphatic rings. The fraction of sp³-hybridized carbons (Fsp3) is 0.100. The molecule has 0 saturated carbocycles. The fourth-order valence-corrected chi connectivity index (χ4v) is 1.23. The lowest BCUT2D eigenvalue weighted by molar-refractivity contribution is -0.157. The summed E-state index contributed by atoms with van der Waals surface area (Å²) in [7, 11) is 0. The number of nitriles is 1. The van der Waals surface area contributed by atoms with E-state index in [1.165, 1.54) is 24.3 Å². The summed E-state index contributed by atoms with van der Waals surface area (Å²) >= 11 is 0. The summed E-state index contributed by atoms with van der Waals surface area (Å²) in [6.45, 7) is 0. The summed E-state index contributed by atoms with van der Waals surface area (Å²) in [6.07, 6.45) is -4.82. The maximum atomic E-state index is 12.3. The monoisotopic (exact) mass is 255 g/mol. The van der Waals surface area contributed by atoms with Gasteiger partial charge < -0.3 is 4.42 Å². The molecule has 0 aliphatic heterocycles. The number of benzene rings is 1. The number of rotatable bonds is 1. The van der Waals surface area contributed by atoms with Crippen molar-refractivity contribution in [2.24, 2.45) is 0 Å². The molecule has 18 heavy (non-hydrogen) atoms. The third-order valence-electron chi connectivity index (χ3n) is 2.03. The maximum Gasteiger partial charge on any atom is 0.470 e. The number of aromatic nitrogens is 2. The van der Waals surface area contributed by atoms with Gasteiger partial charge in [0.2, 0.25) is 0 Å². The van der Waals surface area contributed by atoms with Crippen LogP contribution in [0.3, 0.4) is 0 Å². The highest BCUT2D eigenvalue weighted by Crippen LogP contribution is 2.26. The standard InChI is InChI=1S/C10H4F3N3O2/c11-10(12,13)8-15-16(9(17)18-8)7-3-1-6(5-14)2-4-7/h1-4H. The first-order chi connectivity index (χ1) is 8.41. The topological polar surface area (TPSA) is 71.8 Å². The smallest absolute Gasteiger partial charge is 0.383 e. The Morgan fingerprint density at radius 2 is 1.89 bits per heavy atom. The number of halogens is 3. The SMILES string of the molecule is N#Cc1ccc(-n2nc(C(F)(F)F)oc2=O)cc1. The first-order valence-electron chi connectivity index (χ1n) is 4.60. The van der Waals surface area contributed by atoms with Crippen molar-refractivity contribution in [3.05, 3.63) is 46.3 Å². The molecular formula is C10H4F3N3O2. The minimum atomic E-state index is -4.82. The van der Waals surface area contributed by atoms with Crippen molar-refractivity contribution in [1.82, 2.24) is 9.78 Å². The Bertz CT molecular complexity index is 661. The molecule has 5 nitrogen and oxygen atoms in total. The zero-order valence-electron chi connectivity index (χ0n) is 8.60. The summed E-state index contributed by atoms with van der Waals surface area (Å²) in [6, 6.07) is 7.13. The van der Waals surface area contributed by atoms with Crippen LogP contribution in [0, 0.1) is 11.3 Å². The molecule has 0 spiro atoms. The van der Waals surface area contributed by atoms with Crippen LogP contribution < -0.4 is 5.76 Å². The van der Waals surface area contributed by atoms with Crippen LogP contribution in [0.4, 0.5) is 13.2 Å². The van der Waals surface area contributed by atoms with E-state index >= 15 is 0 Å². The second-order valence-electron chi connectivity index (χ2n) is 3.24. The van der Waals surface area contributed by atoms with Crippen LogP contribution in [0.2, 0.25) is 0 Å². The van der Waals surface area contributed by atoms with E-state index in [9.17, 15) is 18.0 Å². The van der Waals surface area contributed by atoms with Gasteiger partial charge in [0.05, 0.1) is 17.3 Å². The van der Waals surface area contributed by atoms with Crippen molar-refractivity contribution in [1.29, 1.82) is 5.26 Å². The lowest BCUT2D eigenvalue weighted by Gasteiger charge is -1.98. The fourth-order valence-electron chi connectivity index (χ4n) is 1.23. The Labute approximate surface area is 97.7 Å². The van der Waals surface area contributed by atoms with E-state index in [0.29, 0.717) is 10.2 Å². The van der Waals surface area contributed by atoms with Gasteiger partial charge in [-0.15, -0.1) is 5.10 Å². The minimum Gasteiger partial charge on any atom is -0.383 e. The molecule has 8 heteroatoms. The molecule has 0 fully saturated rings. The van der Waals surface area contributed by atoms with Crippen molar-refractivity contribution in [2.45, 2.75) is 6.18 Å². The predicted molar refractivity (Wildman–Crippen MR) is 51.8 cm³/mol. The van der Waals surface area contributed by atoms with Gasteiger partial charge in [-0.25, -0.2) is 4.79 Å². The van der Waals surface area contributed by atoms with Gasteiger partial charge in [-0.2, -0.15) is 23.1 Å². The van der Waals surface area contributed by atoms with Crippen molar-refractivity contribution in [3.63, 3.8) is 0 Å². The molecule has 2 aromatic rings. The Balaban J connectivity index is 2.48. The van der Waals surface area contributed by atoms with Crippen LogP contribution in [0.25, 0.3) is 5.69 Å². The second kappa shape index (κ2) is 4.03. The van der Waals surface area contributed by atoms with Gasteiger partial charge >= 0.3 is 17.8 Å². The van der Waals surface area contributed by atoms with E-state index in [1.54, 1.807) is 0 Å². The molecule has 0 unspecified atom stereocenters. The molecule has 2 rings (SSSR count). The van der Waals surface area contributed by atoms with Crippen molar-refractivity contribution < 1.29 is 17.6 Å². The third kappa shape index (κ3) is 2.10. The van der Waals surface area contributed by atoms with Crippen LogP contribution in [0.1, 0.15) is 11.5 Å². The first kappa shape index (κ1) is 11.9. The molecule has 1 aromatic carbocycles. The lowest BCUT2D eigenvalue weighted by Crippen LogP contribution is -2.13. The molecular weight excluding hydrogens is 251 g/mol. The van der Waals surface area contributed by atoms with Crippen LogP contribution in [0.15, 0.2) is 33.5 Å². The Morgan fingerprint density at radius 3 is 2.33 bits per heavy atom. The maximum absolute atomic E-state index is 12.3. The summed E-state index contributed by atoms with van der Waals surface area (Å²) in [5.74, 6) is -2.86. The minimum absolute atomic E-state index is 0.0817. The predicted octanol–water partition coefficient (Wildman–Crippen LogP) is 1.72. The molecule has 0 atom stereocenters. The van der Waals surface area contributed by atoms with E-state index in [2.05, 4.69) is 9.52 Å². The van der Waals surface area contributed by atoms with Crippen LogP contribution in [-0.4, -0.2) is 9.78 Å². The number of hydrogen-bond donors (Lipinski definition) is 0. The molecule has 0 N–H and O–H groups in total. The van der Waals surface area contributed by atoms with Crippen LogP contribution in [0.5, 0.6) is 0 Å². The van der Waals surface area contributed by atoms with Crippen LogP contribution >= 0.6 is 0 Å². The summed E-state index contributed by atoms with van der Waals surface area (Å²) < 4.78 is 41.3. The highest BCUT2D eigenvalue weighted by molar-refractivity contribution is 5.38. The number of hydrogen-bond acceptors (Lipinski definition) is 4. The Hall–Kier alpha value is -2.56. The highest BCUT2D eigenvalue weighted by atomic mass is 19.4. The average Bonchev–Trinajstić information content (AvgIpc) is 2.71. The van der Waals surface area contributed by atoms with E-state index in [1.807, 2.05) is 6.07 Å². The van der Waals surface area contributed by atoms with E-state index in [-0.39, 0.29) is 5.69 Å². The number of nitrogens with zero attached hydrogens (tertiary/aromatic N) is 3. The van der Waals surface area contributed by atoms with Gasteiger partial charge in [0.25, 0.3) is 0 Å². The van der Waals surface area contributed by atoms with Crippen molar-refractivity contribution in [2.75, 3.05) is 0 Å². The highest BCUT2D eigenvalue weighted by Gasteiger charge is 2.38. The molecule has 0 bridgehead atoms. The summed E-state index contributed by atoms with van der Waals surface area (Å²) in [5.41, 5.74) is 0.393. The van der Waals surface area contributed by atoms with E-state index in [0.717, 1.165) is 0 Å². The van der Waals surface area contributed by atoms with E-state index < -0.39 is 17.8 Å². The largest absolute Gasteiger partial charge is 0.470 e. The van der Waals surface area contributed by atoms with Gasteiger partial charge in [-0.3, -0.25) is 0 Å². The Kier molecular flexibility index (Phi) is 2.67. The second-order valence-corrected chi connectivity index (χ2v) is 3.24. The van der Waals surface area contributed by atoms with Crippen molar-refractivity contribution in [3.8, 4) is 11.8 Å². The number of alkyl halides is 3. The molecule has 0 amide bonds. The van der Waals surface area contributed by atoms with Gasteiger partial charge in [0.15, 0.2) is 0 Å². The molecule has 1 heterocycles. The van der Waals surface area contributed by atoms with Gasteiger partial charge in [-0.1, -0.05) is 0 Å². The average molecular weight is 255 g/mol. The first-order valence-corrected chi connectivity index (χ1v) is 4.60. The van der Waals surface area contributed by atoms with E-state index in [4.69, 9.17) is 5.26 Å².